The Bertz CT molecular complexity index is 310. The predicted octanol–water partition coefficient (Wildman–Crippen LogP) is 2.41. The minimum Gasteiger partial charge on any atom is -0.310 e. The lowest BCUT2D eigenvalue weighted by Crippen LogP contribution is -2.13. The summed E-state index contributed by atoms with van der Waals surface area (Å²) in [4.78, 5) is 0. The van der Waals surface area contributed by atoms with Crippen molar-refractivity contribution < 1.29 is 8.78 Å². The second-order valence-electron chi connectivity index (χ2n) is 2.68. The number of nitrogens with one attached hydrogen (secondary N) is 1. The number of rotatable bonds is 3. The van der Waals surface area contributed by atoms with E-state index in [0.717, 1.165) is 12.1 Å². The van der Waals surface area contributed by atoms with E-state index in [4.69, 9.17) is 0 Å². The molecule has 13 heavy (non-hydrogen) atoms. The third kappa shape index (κ3) is 2.12. The predicted molar refractivity (Wildman–Crippen MR) is 48.4 cm³/mol. The summed E-state index contributed by atoms with van der Waals surface area (Å²) in [6.07, 6.45) is 1.63. The zero-order valence-corrected chi connectivity index (χ0v) is 7.35. The minimum atomic E-state index is -0.834. The highest BCUT2D eigenvalue weighted by Crippen LogP contribution is 2.16. The number of likely N-dealkylation sites (N-methyl/N-ethyl adjacent to an activating group) is 1. The van der Waals surface area contributed by atoms with Gasteiger partial charge in [0.1, 0.15) is 0 Å². The van der Waals surface area contributed by atoms with Gasteiger partial charge in [-0.2, -0.15) is 0 Å². The van der Waals surface area contributed by atoms with E-state index in [2.05, 4.69) is 11.9 Å². The van der Waals surface area contributed by atoms with Crippen LogP contribution in [0.1, 0.15) is 11.6 Å². The van der Waals surface area contributed by atoms with Crippen molar-refractivity contribution in [2.75, 3.05) is 7.05 Å². The molecule has 1 N–H and O–H groups in total. The van der Waals surface area contributed by atoms with Crippen LogP contribution in [-0.2, 0) is 0 Å². The van der Waals surface area contributed by atoms with Gasteiger partial charge < -0.3 is 5.32 Å². The highest BCUT2D eigenvalue weighted by molar-refractivity contribution is 5.24. The summed E-state index contributed by atoms with van der Waals surface area (Å²) in [5.74, 6) is -1.66. The van der Waals surface area contributed by atoms with Crippen LogP contribution in [0.2, 0.25) is 0 Å². The van der Waals surface area contributed by atoms with Crippen LogP contribution in [0, 0.1) is 11.6 Å². The van der Waals surface area contributed by atoms with Gasteiger partial charge >= 0.3 is 0 Å². The topological polar surface area (TPSA) is 12.0 Å². The Balaban J connectivity index is 3.01. The maximum Gasteiger partial charge on any atom is 0.159 e. The Kier molecular flexibility index (Phi) is 3.14. The maximum atomic E-state index is 12.8. The van der Waals surface area contributed by atoms with E-state index in [0.29, 0.717) is 5.56 Å². The van der Waals surface area contributed by atoms with E-state index in [9.17, 15) is 8.78 Å². The van der Waals surface area contributed by atoms with Crippen LogP contribution in [-0.4, -0.2) is 7.05 Å². The van der Waals surface area contributed by atoms with Crippen LogP contribution in [0.5, 0.6) is 0 Å². The molecule has 1 atom stereocenters. The molecule has 0 spiro atoms. The van der Waals surface area contributed by atoms with Crippen molar-refractivity contribution in [3.8, 4) is 0 Å². The SMILES string of the molecule is C=CC(NC)c1ccc(F)c(F)c1. The summed E-state index contributed by atoms with van der Waals surface area (Å²) in [6.45, 7) is 3.58. The van der Waals surface area contributed by atoms with Crippen molar-refractivity contribution in [1.82, 2.24) is 5.32 Å². The van der Waals surface area contributed by atoms with Crippen molar-refractivity contribution in [2.24, 2.45) is 0 Å². The summed E-state index contributed by atoms with van der Waals surface area (Å²) in [5, 5.41) is 2.91. The van der Waals surface area contributed by atoms with E-state index in [1.54, 1.807) is 13.1 Å². The first kappa shape index (κ1) is 9.86. The second kappa shape index (κ2) is 4.14. The van der Waals surface area contributed by atoms with Crippen LogP contribution in [0.25, 0.3) is 0 Å². The molecule has 70 valence electrons. The highest BCUT2D eigenvalue weighted by Gasteiger charge is 2.07. The summed E-state index contributed by atoms with van der Waals surface area (Å²) >= 11 is 0. The van der Waals surface area contributed by atoms with Crippen molar-refractivity contribution >= 4 is 0 Å². The first-order valence-corrected chi connectivity index (χ1v) is 3.93. The Morgan fingerprint density at radius 3 is 2.54 bits per heavy atom. The van der Waals surface area contributed by atoms with Crippen molar-refractivity contribution in [1.29, 1.82) is 0 Å². The normalized spacial score (nSPS) is 12.5. The quantitative estimate of drug-likeness (QED) is 0.709. The van der Waals surface area contributed by atoms with Gasteiger partial charge in [-0.25, -0.2) is 8.78 Å². The van der Waals surface area contributed by atoms with E-state index in [1.807, 2.05) is 0 Å². The number of benzene rings is 1. The molecule has 0 radical (unpaired) electrons. The minimum absolute atomic E-state index is 0.143. The molecular weight excluding hydrogens is 172 g/mol. The Morgan fingerprint density at radius 1 is 1.38 bits per heavy atom. The molecule has 0 saturated heterocycles. The summed E-state index contributed by atoms with van der Waals surface area (Å²) in [6, 6.07) is 3.66. The van der Waals surface area contributed by atoms with E-state index < -0.39 is 11.6 Å². The molecule has 0 heterocycles. The monoisotopic (exact) mass is 183 g/mol. The maximum absolute atomic E-state index is 12.8. The van der Waals surface area contributed by atoms with Crippen LogP contribution >= 0.6 is 0 Å². The van der Waals surface area contributed by atoms with E-state index in [1.165, 1.54) is 6.07 Å². The molecule has 0 aromatic heterocycles. The van der Waals surface area contributed by atoms with Crippen molar-refractivity contribution in [2.45, 2.75) is 6.04 Å². The molecule has 0 aliphatic carbocycles. The molecule has 0 saturated carbocycles. The molecule has 0 aliphatic rings. The lowest BCUT2D eigenvalue weighted by Gasteiger charge is -2.11. The van der Waals surface area contributed by atoms with Crippen LogP contribution in [0.4, 0.5) is 8.78 Å². The van der Waals surface area contributed by atoms with E-state index in [-0.39, 0.29) is 6.04 Å². The lowest BCUT2D eigenvalue weighted by atomic mass is 10.1. The number of hydrogen-bond acceptors (Lipinski definition) is 1. The van der Waals surface area contributed by atoms with E-state index >= 15 is 0 Å². The molecule has 1 nitrogen and oxygen atoms in total. The third-order valence-corrected chi connectivity index (χ3v) is 1.85. The Hall–Kier alpha value is -1.22. The molecule has 0 bridgehead atoms. The molecule has 1 aromatic carbocycles. The van der Waals surface area contributed by atoms with Gasteiger partial charge in [0, 0.05) is 0 Å². The Morgan fingerprint density at radius 2 is 2.08 bits per heavy atom. The van der Waals surface area contributed by atoms with Gasteiger partial charge in [0.2, 0.25) is 0 Å². The lowest BCUT2D eigenvalue weighted by molar-refractivity contribution is 0.505. The molecule has 3 heteroatoms. The van der Waals surface area contributed by atoms with Crippen molar-refractivity contribution in [3.63, 3.8) is 0 Å². The smallest absolute Gasteiger partial charge is 0.159 e. The fourth-order valence-electron chi connectivity index (χ4n) is 1.13. The van der Waals surface area contributed by atoms with Crippen LogP contribution in [0.15, 0.2) is 30.9 Å². The Labute approximate surface area is 76.1 Å². The number of hydrogen-bond donors (Lipinski definition) is 1. The second-order valence-corrected chi connectivity index (χ2v) is 2.68. The summed E-state index contributed by atoms with van der Waals surface area (Å²) < 4.78 is 25.3. The molecule has 1 rings (SSSR count). The van der Waals surface area contributed by atoms with Crippen LogP contribution < -0.4 is 5.32 Å². The zero-order chi connectivity index (χ0) is 9.84. The largest absolute Gasteiger partial charge is 0.310 e. The van der Waals surface area contributed by atoms with Gasteiger partial charge in [0.15, 0.2) is 11.6 Å². The zero-order valence-electron chi connectivity index (χ0n) is 7.35. The van der Waals surface area contributed by atoms with Gasteiger partial charge in [-0.3, -0.25) is 0 Å². The van der Waals surface area contributed by atoms with Gasteiger partial charge in [-0.05, 0) is 24.7 Å². The molecule has 0 fully saturated rings. The molecule has 1 unspecified atom stereocenters. The first-order chi connectivity index (χ1) is 6.19. The van der Waals surface area contributed by atoms with Gasteiger partial charge in [-0.15, -0.1) is 6.58 Å². The summed E-state index contributed by atoms with van der Waals surface area (Å²) in [5.41, 5.74) is 0.663. The third-order valence-electron chi connectivity index (χ3n) is 1.85. The standard InChI is InChI=1S/C10H11F2N/c1-3-10(13-2)7-4-5-8(11)9(12)6-7/h3-6,10,13H,1H2,2H3. The number of halogens is 2. The van der Waals surface area contributed by atoms with Crippen molar-refractivity contribution in [3.05, 3.63) is 48.1 Å². The fourth-order valence-corrected chi connectivity index (χ4v) is 1.13. The molecule has 0 aliphatic heterocycles. The molecule has 1 aromatic rings. The van der Waals surface area contributed by atoms with Gasteiger partial charge in [0.05, 0.1) is 6.04 Å². The molecule has 0 amide bonds. The van der Waals surface area contributed by atoms with Crippen LogP contribution in [0.3, 0.4) is 0 Å². The first-order valence-electron chi connectivity index (χ1n) is 3.93. The highest BCUT2D eigenvalue weighted by atomic mass is 19.2. The average molecular weight is 183 g/mol. The molecular formula is C10H11F2N. The fraction of sp³-hybridized carbons (Fsp3) is 0.200. The van der Waals surface area contributed by atoms with Gasteiger partial charge in [-0.1, -0.05) is 12.1 Å². The van der Waals surface area contributed by atoms with Gasteiger partial charge in [0.25, 0.3) is 0 Å². The summed E-state index contributed by atoms with van der Waals surface area (Å²) in [7, 11) is 1.73. The average Bonchev–Trinajstić information content (AvgIpc) is 2.13.